The number of ketones is 1. The van der Waals surface area contributed by atoms with Crippen LogP contribution in [0, 0.1) is 6.92 Å². The van der Waals surface area contributed by atoms with Crippen LogP contribution in [0.5, 0.6) is 0 Å². The number of carbonyl (C=O) groups is 1. The lowest BCUT2D eigenvalue weighted by molar-refractivity contribution is -0.111. The van der Waals surface area contributed by atoms with E-state index in [1.165, 1.54) is 6.92 Å². The van der Waals surface area contributed by atoms with E-state index in [0.717, 1.165) is 11.5 Å². The van der Waals surface area contributed by atoms with Crippen molar-refractivity contribution in [2.75, 3.05) is 0 Å². The highest BCUT2D eigenvalue weighted by atomic mass is 16.1. The molecule has 1 aromatic heterocycles. The molecule has 3 nitrogen and oxygen atoms in total. The molecule has 1 aromatic rings. The molecule has 1 heterocycles. The number of hydrogen-bond donors (Lipinski definition) is 1. The molecular weight excluding hydrogens is 212 g/mol. The number of allylic oxidation sites excluding steroid dienone is 3. The Kier molecular flexibility index (Phi) is 6.56. The van der Waals surface area contributed by atoms with E-state index in [9.17, 15) is 4.79 Å². The van der Waals surface area contributed by atoms with E-state index in [0.29, 0.717) is 11.3 Å². The first-order valence-corrected chi connectivity index (χ1v) is 5.63. The van der Waals surface area contributed by atoms with Gasteiger partial charge in [0.25, 0.3) is 0 Å². The van der Waals surface area contributed by atoms with Gasteiger partial charge in [0.05, 0.1) is 11.4 Å². The zero-order valence-corrected chi connectivity index (χ0v) is 11.0. The molecule has 0 amide bonds. The number of nitrogens with one attached hydrogen (secondary N) is 1. The first-order chi connectivity index (χ1) is 8.10. The standard InChI is InChI=1S/C12H14N2O.C2H6/c1-5-7-10(8(3)15)12-11(6-2)13-9(4)14-12;1-2/h5-7H,1-2H2,3-4H3,(H,13,14);1-2H3/b10-7-;. The lowest BCUT2D eigenvalue weighted by Gasteiger charge is -1.99. The molecule has 17 heavy (non-hydrogen) atoms. The number of aryl methyl sites for hydroxylation is 1. The highest BCUT2D eigenvalue weighted by Gasteiger charge is 2.13. The van der Waals surface area contributed by atoms with Gasteiger partial charge in [-0.15, -0.1) is 0 Å². The van der Waals surface area contributed by atoms with Crippen LogP contribution in [0.2, 0.25) is 0 Å². The molecule has 0 aromatic carbocycles. The summed E-state index contributed by atoms with van der Waals surface area (Å²) in [5, 5.41) is 0. The van der Waals surface area contributed by atoms with E-state index in [1.807, 2.05) is 20.8 Å². The fraction of sp³-hybridized carbons (Fsp3) is 0.286. The van der Waals surface area contributed by atoms with Crippen LogP contribution in [-0.2, 0) is 4.79 Å². The summed E-state index contributed by atoms with van der Waals surface area (Å²) in [6.45, 7) is 14.6. The third-order valence-electron chi connectivity index (χ3n) is 1.97. The van der Waals surface area contributed by atoms with Crippen molar-refractivity contribution >= 4 is 17.4 Å². The minimum atomic E-state index is -0.0375. The van der Waals surface area contributed by atoms with E-state index in [1.54, 1.807) is 18.2 Å². The fourth-order valence-corrected chi connectivity index (χ4v) is 1.34. The van der Waals surface area contributed by atoms with Gasteiger partial charge in [-0.3, -0.25) is 4.79 Å². The molecule has 0 aliphatic rings. The summed E-state index contributed by atoms with van der Waals surface area (Å²) in [5.41, 5.74) is 1.94. The maximum Gasteiger partial charge on any atom is 0.162 e. The molecular formula is C14H20N2O. The SMILES string of the molecule is C=C/C=C(/C(C)=O)c1nc(C)[nH]c1C=C.CC. The number of aromatic amines is 1. The summed E-state index contributed by atoms with van der Waals surface area (Å²) in [6.07, 6.45) is 4.88. The van der Waals surface area contributed by atoms with Gasteiger partial charge in [-0.2, -0.15) is 0 Å². The van der Waals surface area contributed by atoms with Crippen LogP contribution in [0.4, 0.5) is 0 Å². The van der Waals surface area contributed by atoms with Gasteiger partial charge in [-0.05, 0) is 26.0 Å². The van der Waals surface area contributed by atoms with Crippen molar-refractivity contribution in [2.45, 2.75) is 27.7 Å². The minimum absolute atomic E-state index is 0.0375. The summed E-state index contributed by atoms with van der Waals surface area (Å²) < 4.78 is 0. The van der Waals surface area contributed by atoms with Crippen molar-refractivity contribution in [2.24, 2.45) is 0 Å². The largest absolute Gasteiger partial charge is 0.342 e. The molecule has 0 bridgehead atoms. The number of carbonyl (C=O) groups excluding carboxylic acids is 1. The summed E-state index contributed by atoms with van der Waals surface area (Å²) in [7, 11) is 0. The van der Waals surface area contributed by atoms with Crippen LogP contribution in [0.25, 0.3) is 11.6 Å². The topological polar surface area (TPSA) is 45.8 Å². The van der Waals surface area contributed by atoms with Gasteiger partial charge >= 0.3 is 0 Å². The smallest absolute Gasteiger partial charge is 0.162 e. The van der Waals surface area contributed by atoms with E-state index < -0.39 is 0 Å². The maximum atomic E-state index is 11.4. The second-order valence-corrected chi connectivity index (χ2v) is 3.16. The molecule has 0 aliphatic heterocycles. The van der Waals surface area contributed by atoms with Gasteiger partial charge in [-0.25, -0.2) is 4.98 Å². The Morgan fingerprint density at radius 3 is 2.35 bits per heavy atom. The molecule has 0 fully saturated rings. The monoisotopic (exact) mass is 232 g/mol. The molecule has 1 rings (SSSR count). The summed E-state index contributed by atoms with van der Waals surface area (Å²) in [6, 6.07) is 0. The first kappa shape index (κ1) is 15.1. The van der Waals surface area contributed by atoms with Crippen molar-refractivity contribution < 1.29 is 4.79 Å². The Morgan fingerprint density at radius 1 is 1.35 bits per heavy atom. The Hall–Kier alpha value is -1.90. The second kappa shape index (κ2) is 7.39. The highest BCUT2D eigenvalue weighted by Crippen LogP contribution is 2.19. The number of nitrogens with zero attached hydrogens (tertiary/aromatic N) is 1. The highest BCUT2D eigenvalue weighted by molar-refractivity contribution is 6.19. The van der Waals surface area contributed by atoms with Crippen LogP contribution < -0.4 is 0 Å². The van der Waals surface area contributed by atoms with E-state index in [2.05, 4.69) is 23.1 Å². The summed E-state index contributed by atoms with van der Waals surface area (Å²) in [4.78, 5) is 18.7. The average Bonchev–Trinajstić information content (AvgIpc) is 2.69. The maximum absolute atomic E-state index is 11.4. The van der Waals surface area contributed by atoms with E-state index >= 15 is 0 Å². The number of rotatable bonds is 4. The van der Waals surface area contributed by atoms with Gasteiger partial charge in [0, 0.05) is 5.57 Å². The molecule has 0 spiro atoms. The lowest BCUT2D eigenvalue weighted by Crippen LogP contribution is -1.98. The normalized spacial score (nSPS) is 10.2. The van der Waals surface area contributed by atoms with Crippen LogP contribution in [-0.4, -0.2) is 15.8 Å². The Balaban J connectivity index is 0.00000121. The number of aromatic nitrogens is 2. The van der Waals surface area contributed by atoms with Crippen LogP contribution in [0.1, 0.15) is 38.0 Å². The predicted octanol–water partition coefficient (Wildman–Crippen LogP) is 3.55. The van der Waals surface area contributed by atoms with Crippen molar-refractivity contribution in [3.05, 3.63) is 42.5 Å². The molecule has 92 valence electrons. The van der Waals surface area contributed by atoms with Gasteiger partial charge in [0.2, 0.25) is 0 Å². The third kappa shape index (κ3) is 3.87. The zero-order chi connectivity index (χ0) is 13.4. The van der Waals surface area contributed by atoms with E-state index in [-0.39, 0.29) is 5.78 Å². The number of hydrogen-bond acceptors (Lipinski definition) is 2. The van der Waals surface area contributed by atoms with Gasteiger partial charge < -0.3 is 4.98 Å². The molecule has 1 N–H and O–H groups in total. The number of imidazole rings is 1. The fourth-order valence-electron chi connectivity index (χ4n) is 1.34. The Morgan fingerprint density at radius 2 is 1.94 bits per heavy atom. The van der Waals surface area contributed by atoms with Crippen molar-refractivity contribution in [1.29, 1.82) is 0 Å². The van der Waals surface area contributed by atoms with Crippen molar-refractivity contribution in [3.63, 3.8) is 0 Å². The second-order valence-electron chi connectivity index (χ2n) is 3.16. The molecule has 0 aliphatic carbocycles. The van der Waals surface area contributed by atoms with Crippen molar-refractivity contribution in [3.8, 4) is 0 Å². The van der Waals surface area contributed by atoms with Gasteiger partial charge in [0.15, 0.2) is 5.78 Å². The number of H-pyrrole nitrogens is 1. The summed E-state index contributed by atoms with van der Waals surface area (Å²) >= 11 is 0. The minimum Gasteiger partial charge on any atom is -0.342 e. The molecule has 0 unspecified atom stereocenters. The summed E-state index contributed by atoms with van der Waals surface area (Å²) in [5.74, 6) is 0.723. The van der Waals surface area contributed by atoms with Gasteiger partial charge in [-0.1, -0.05) is 33.1 Å². The molecule has 0 saturated carbocycles. The average molecular weight is 232 g/mol. The molecule has 0 atom stereocenters. The Labute approximate surface area is 103 Å². The lowest BCUT2D eigenvalue weighted by atomic mass is 10.1. The predicted molar refractivity (Wildman–Crippen MR) is 73.6 cm³/mol. The van der Waals surface area contributed by atoms with Crippen molar-refractivity contribution in [1.82, 2.24) is 9.97 Å². The van der Waals surface area contributed by atoms with Crippen LogP contribution in [0.3, 0.4) is 0 Å². The molecule has 0 radical (unpaired) electrons. The Bertz CT molecular complexity index is 439. The quantitative estimate of drug-likeness (QED) is 0.637. The number of Topliss-reactive ketones (excluding diaryl/α,β-unsaturated/α-hetero) is 1. The van der Waals surface area contributed by atoms with Crippen LogP contribution in [0.15, 0.2) is 25.3 Å². The molecule has 3 heteroatoms. The zero-order valence-electron chi connectivity index (χ0n) is 11.0. The first-order valence-electron chi connectivity index (χ1n) is 5.63. The van der Waals surface area contributed by atoms with Gasteiger partial charge in [0.1, 0.15) is 5.82 Å². The molecule has 0 saturated heterocycles. The van der Waals surface area contributed by atoms with E-state index in [4.69, 9.17) is 0 Å². The third-order valence-corrected chi connectivity index (χ3v) is 1.97. The van der Waals surface area contributed by atoms with Crippen LogP contribution >= 0.6 is 0 Å².